The SMILES string of the molecule is Cc1cc(C)c2cc(CN(Cc3cccnc3)S(=O)(=O)c3ccc(F)cc3)c(=O)[nH]c2c1. The number of pyridine rings is 2. The zero-order valence-corrected chi connectivity index (χ0v) is 18.5. The highest BCUT2D eigenvalue weighted by atomic mass is 32.2. The van der Waals surface area contributed by atoms with Crippen molar-refractivity contribution in [3.05, 3.63) is 105 Å². The van der Waals surface area contributed by atoms with Gasteiger partial charge >= 0.3 is 0 Å². The molecule has 0 aliphatic carbocycles. The highest BCUT2D eigenvalue weighted by Crippen LogP contribution is 2.23. The number of benzene rings is 2. The molecule has 0 fully saturated rings. The first-order valence-corrected chi connectivity index (χ1v) is 11.5. The fourth-order valence-electron chi connectivity index (χ4n) is 3.70. The first kappa shape index (κ1) is 21.9. The number of halogens is 1. The molecule has 2 heterocycles. The van der Waals surface area contributed by atoms with Crippen molar-refractivity contribution in [1.29, 1.82) is 0 Å². The number of sulfonamides is 1. The van der Waals surface area contributed by atoms with E-state index >= 15 is 0 Å². The number of fused-ring (bicyclic) bond motifs is 1. The smallest absolute Gasteiger partial charge is 0.252 e. The van der Waals surface area contributed by atoms with E-state index in [1.54, 1.807) is 30.6 Å². The third-order valence-electron chi connectivity index (χ3n) is 5.27. The van der Waals surface area contributed by atoms with Crippen LogP contribution in [0.1, 0.15) is 22.3 Å². The van der Waals surface area contributed by atoms with E-state index in [2.05, 4.69) is 9.97 Å². The zero-order valence-electron chi connectivity index (χ0n) is 17.7. The molecule has 0 saturated heterocycles. The minimum atomic E-state index is -4.01. The van der Waals surface area contributed by atoms with Crippen LogP contribution in [0.3, 0.4) is 0 Å². The van der Waals surface area contributed by atoms with Crippen LogP contribution in [0.25, 0.3) is 10.9 Å². The maximum Gasteiger partial charge on any atom is 0.252 e. The van der Waals surface area contributed by atoms with Crippen LogP contribution in [0.4, 0.5) is 4.39 Å². The fourth-order valence-corrected chi connectivity index (χ4v) is 5.11. The summed E-state index contributed by atoms with van der Waals surface area (Å²) in [5.41, 5.74) is 3.35. The quantitative estimate of drug-likeness (QED) is 0.479. The molecular weight excluding hydrogens is 429 g/mol. The van der Waals surface area contributed by atoms with Crippen molar-refractivity contribution in [2.45, 2.75) is 31.8 Å². The number of aromatic nitrogens is 2. The summed E-state index contributed by atoms with van der Waals surface area (Å²) in [6.07, 6.45) is 3.17. The van der Waals surface area contributed by atoms with E-state index in [0.717, 1.165) is 28.6 Å². The van der Waals surface area contributed by atoms with Crippen LogP contribution in [0.2, 0.25) is 0 Å². The molecule has 8 heteroatoms. The second kappa shape index (κ2) is 8.64. The lowest BCUT2D eigenvalue weighted by Gasteiger charge is -2.22. The van der Waals surface area contributed by atoms with Gasteiger partial charge in [0.05, 0.1) is 4.90 Å². The molecule has 0 spiro atoms. The van der Waals surface area contributed by atoms with Gasteiger partial charge in [-0.25, -0.2) is 12.8 Å². The highest BCUT2D eigenvalue weighted by Gasteiger charge is 2.26. The number of aryl methyl sites for hydroxylation is 2. The van der Waals surface area contributed by atoms with Crippen LogP contribution >= 0.6 is 0 Å². The molecule has 0 aliphatic heterocycles. The Bertz CT molecular complexity index is 1430. The molecule has 1 N–H and O–H groups in total. The Morgan fingerprint density at radius 1 is 1.03 bits per heavy atom. The molecular formula is C24H22FN3O3S. The number of hydrogen-bond donors (Lipinski definition) is 1. The van der Waals surface area contributed by atoms with Crippen molar-refractivity contribution in [1.82, 2.24) is 14.3 Å². The number of hydrogen-bond acceptors (Lipinski definition) is 4. The number of rotatable bonds is 6. The molecule has 0 radical (unpaired) electrons. The van der Waals surface area contributed by atoms with E-state index in [-0.39, 0.29) is 23.5 Å². The molecule has 164 valence electrons. The Kier molecular flexibility index (Phi) is 5.90. The lowest BCUT2D eigenvalue weighted by Crippen LogP contribution is -2.32. The second-order valence-corrected chi connectivity index (χ2v) is 9.69. The van der Waals surface area contributed by atoms with Gasteiger partial charge in [0.2, 0.25) is 10.0 Å². The van der Waals surface area contributed by atoms with Crippen LogP contribution in [-0.4, -0.2) is 22.7 Å². The number of aromatic amines is 1. The van der Waals surface area contributed by atoms with Gasteiger partial charge in [0.25, 0.3) is 5.56 Å². The van der Waals surface area contributed by atoms with Crippen molar-refractivity contribution >= 4 is 20.9 Å². The fraction of sp³-hybridized carbons (Fsp3) is 0.167. The van der Waals surface area contributed by atoms with Gasteiger partial charge in [0.15, 0.2) is 0 Å². The maximum absolute atomic E-state index is 13.4. The summed E-state index contributed by atoms with van der Waals surface area (Å²) in [6, 6.07) is 13.7. The summed E-state index contributed by atoms with van der Waals surface area (Å²) in [5, 5.41) is 0.853. The monoisotopic (exact) mass is 451 g/mol. The Hall–Kier alpha value is -3.36. The summed E-state index contributed by atoms with van der Waals surface area (Å²) in [7, 11) is -4.01. The zero-order chi connectivity index (χ0) is 22.9. The van der Waals surface area contributed by atoms with Crippen molar-refractivity contribution in [2.75, 3.05) is 0 Å². The van der Waals surface area contributed by atoms with Gasteiger partial charge in [-0.1, -0.05) is 12.1 Å². The van der Waals surface area contributed by atoms with Gasteiger partial charge in [-0.3, -0.25) is 9.78 Å². The summed E-state index contributed by atoms with van der Waals surface area (Å²) in [4.78, 5) is 19.7. The van der Waals surface area contributed by atoms with Crippen LogP contribution in [-0.2, 0) is 23.1 Å². The first-order valence-electron chi connectivity index (χ1n) is 10.0. The average molecular weight is 452 g/mol. The normalized spacial score (nSPS) is 11.9. The van der Waals surface area contributed by atoms with Crippen LogP contribution < -0.4 is 5.56 Å². The van der Waals surface area contributed by atoms with Crippen molar-refractivity contribution in [3.63, 3.8) is 0 Å². The summed E-state index contributed by atoms with van der Waals surface area (Å²) in [6.45, 7) is 3.76. The van der Waals surface area contributed by atoms with Gasteiger partial charge in [0, 0.05) is 41.9 Å². The van der Waals surface area contributed by atoms with Gasteiger partial charge in [-0.05, 0) is 73.0 Å². The molecule has 0 bridgehead atoms. The molecule has 0 unspecified atom stereocenters. The average Bonchev–Trinajstić information content (AvgIpc) is 2.75. The third kappa shape index (κ3) is 4.46. The molecule has 0 saturated carbocycles. The predicted octanol–water partition coefficient (Wildman–Crippen LogP) is 4.07. The van der Waals surface area contributed by atoms with Gasteiger partial charge in [0.1, 0.15) is 5.82 Å². The topological polar surface area (TPSA) is 83.1 Å². The molecule has 0 aliphatic rings. The van der Waals surface area contributed by atoms with Crippen LogP contribution in [0.5, 0.6) is 0 Å². The molecule has 4 rings (SSSR count). The Balaban J connectivity index is 1.79. The van der Waals surface area contributed by atoms with Gasteiger partial charge in [-0.15, -0.1) is 0 Å². The third-order valence-corrected chi connectivity index (χ3v) is 7.08. The number of nitrogens with one attached hydrogen (secondary N) is 1. The Labute approximate surface area is 185 Å². The maximum atomic E-state index is 13.4. The van der Waals surface area contributed by atoms with E-state index in [0.29, 0.717) is 16.6 Å². The van der Waals surface area contributed by atoms with Crippen molar-refractivity contribution < 1.29 is 12.8 Å². The van der Waals surface area contributed by atoms with E-state index in [1.807, 2.05) is 26.0 Å². The molecule has 2 aromatic heterocycles. The molecule has 0 atom stereocenters. The van der Waals surface area contributed by atoms with E-state index in [1.165, 1.54) is 16.4 Å². The predicted molar refractivity (Wildman–Crippen MR) is 121 cm³/mol. The van der Waals surface area contributed by atoms with Crippen molar-refractivity contribution in [2.24, 2.45) is 0 Å². The number of H-pyrrole nitrogens is 1. The number of nitrogens with zero attached hydrogens (tertiary/aromatic N) is 2. The van der Waals surface area contributed by atoms with E-state index in [9.17, 15) is 17.6 Å². The van der Waals surface area contributed by atoms with Crippen molar-refractivity contribution in [3.8, 4) is 0 Å². The second-order valence-electron chi connectivity index (χ2n) is 7.76. The van der Waals surface area contributed by atoms with Gasteiger partial charge in [-0.2, -0.15) is 4.31 Å². The molecule has 2 aromatic carbocycles. The van der Waals surface area contributed by atoms with E-state index in [4.69, 9.17) is 0 Å². The first-order chi connectivity index (χ1) is 15.2. The largest absolute Gasteiger partial charge is 0.322 e. The molecule has 0 amide bonds. The van der Waals surface area contributed by atoms with E-state index < -0.39 is 15.8 Å². The summed E-state index contributed by atoms with van der Waals surface area (Å²) < 4.78 is 41.4. The molecule has 6 nitrogen and oxygen atoms in total. The minimum Gasteiger partial charge on any atom is -0.322 e. The van der Waals surface area contributed by atoms with Crippen LogP contribution in [0.15, 0.2) is 76.7 Å². The summed E-state index contributed by atoms with van der Waals surface area (Å²) in [5.74, 6) is -0.528. The lowest BCUT2D eigenvalue weighted by molar-refractivity contribution is 0.399. The minimum absolute atomic E-state index is 0.0118. The standard InChI is InChI=1S/C24H22FN3O3S/c1-16-10-17(2)22-12-19(24(29)27-23(22)11-16)15-28(14-18-4-3-9-26-13-18)32(30,31)21-7-5-20(25)6-8-21/h3-13H,14-15H2,1-2H3,(H,27,29). The van der Waals surface area contributed by atoms with Gasteiger partial charge < -0.3 is 4.98 Å². The molecule has 4 aromatic rings. The van der Waals surface area contributed by atoms with Crippen LogP contribution in [0, 0.1) is 19.7 Å². The summed E-state index contributed by atoms with van der Waals surface area (Å²) >= 11 is 0. The Morgan fingerprint density at radius 2 is 1.78 bits per heavy atom. The lowest BCUT2D eigenvalue weighted by atomic mass is 10.0. The molecule has 32 heavy (non-hydrogen) atoms. The highest BCUT2D eigenvalue weighted by molar-refractivity contribution is 7.89. The Morgan fingerprint density at radius 3 is 2.47 bits per heavy atom.